The van der Waals surface area contributed by atoms with Gasteiger partial charge in [-0.15, -0.1) is 0 Å². The second kappa shape index (κ2) is 22.6. The zero-order chi connectivity index (χ0) is 23.9. The third-order valence-electron chi connectivity index (χ3n) is 4.21. The van der Waals surface area contributed by atoms with Gasteiger partial charge in [-0.1, -0.05) is 119 Å². The monoisotopic (exact) mass is 428 g/mol. The number of aryl methyl sites for hydroxylation is 4. The fraction of sp³-hybridized carbons (Fsp3) is 0.552. The number of esters is 1. The number of carbonyl (C=O) groups excluding carboxylic acids is 1. The Morgan fingerprint density at radius 3 is 1.42 bits per heavy atom. The van der Waals surface area contributed by atoms with E-state index in [0.717, 1.165) is 12.8 Å². The molecule has 0 saturated heterocycles. The van der Waals surface area contributed by atoms with Crippen molar-refractivity contribution in [2.45, 2.75) is 100 Å². The molecule has 2 rings (SSSR count). The van der Waals surface area contributed by atoms with Crippen LogP contribution in [0.1, 0.15) is 95.4 Å². The average molecular weight is 429 g/mol. The molecule has 0 spiro atoms. The van der Waals surface area contributed by atoms with E-state index in [2.05, 4.69) is 102 Å². The zero-order valence-corrected chi connectivity index (χ0v) is 21.6. The van der Waals surface area contributed by atoms with Gasteiger partial charge in [0.05, 0.1) is 6.61 Å². The van der Waals surface area contributed by atoms with Crippen molar-refractivity contribution in [2.24, 2.45) is 0 Å². The highest BCUT2D eigenvalue weighted by Gasteiger charge is 1.91. The van der Waals surface area contributed by atoms with Crippen molar-refractivity contribution in [3.63, 3.8) is 0 Å². The number of ether oxygens (including phenoxy) is 1. The summed E-state index contributed by atoms with van der Waals surface area (Å²) in [7, 11) is 0. The van der Waals surface area contributed by atoms with Crippen LogP contribution in [0.5, 0.6) is 0 Å². The smallest absolute Gasteiger partial charge is 0.302 e. The Labute approximate surface area is 193 Å². The van der Waals surface area contributed by atoms with Gasteiger partial charge in [0, 0.05) is 6.92 Å². The molecule has 2 nitrogen and oxygen atoms in total. The summed E-state index contributed by atoms with van der Waals surface area (Å²) in [6.45, 7) is 16.9. The van der Waals surface area contributed by atoms with Crippen molar-refractivity contribution in [1.82, 2.24) is 0 Å². The molecule has 2 aromatic carbocycles. The summed E-state index contributed by atoms with van der Waals surface area (Å²) in [5.41, 5.74) is 5.49. The van der Waals surface area contributed by atoms with Gasteiger partial charge in [0.25, 0.3) is 0 Å². The van der Waals surface area contributed by atoms with Gasteiger partial charge in [0.1, 0.15) is 0 Å². The second-order valence-electron chi connectivity index (χ2n) is 8.00. The first-order valence-corrected chi connectivity index (χ1v) is 12.0. The second-order valence-corrected chi connectivity index (χ2v) is 8.00. The van der Waals surface area contributed by atoms with Crippen LogP contribution in [0.3, 0.4) is 0 Å². The molecule has 0 radical (unpaired) electrons. The number of unbranched alkanes of at least 4 members (excludes halogenated alkanes) is 3. The van der Waals surface area contributed by atoms with Crippen LogP contribution in [0.15, 0.2) is 48.5 Å². The lowest BCUT2D eigenvalue weighted by molar-refractivity contribution is -0.141. The molecule has 0 aliphatic carbocycles. The van der Waals surface area contributed by atoms with Crippen molar-refractivity contribution in [3.8, 4) is 0 Å². The number of hydrogen-bond donors (Lipinski definition) is 0. The summed E-state index contributed by atoms with van der Waals surface area (Å²) >= 11 is 0. The SMILES string of the molecule is CCC.CCCCCc1ccc(C)cc1.CCCCOC(C)=O.Cc1ccc(C)cc1. The van der Waals surface area contributed by atoms with E-state index < -0.39 is 0 Å². The molecule has 0 bridgehead atoms. The summed E-state index contributed by atoms with van der Waals surface area (Å²) < 4.78 is 4.64. The zero-order valence-electron chi connectivity index (χ0n) is 21.6. The Hall–Kier alpha value is -2.09. The van der Waals surface area contributed by atoms with Gasteiger partial charge in [-0.05, 0) is 45.6 Å². The Morgan fingerprint density at radius 1 is 0.677 bits per heavy atom. The normalized spacial score (nSPS) is 9.16. The predicted octanol–water partition coefficient (Wildman–Crippen LogP) is 8.80. The van der Waals surface area contributed by atoms with Gasteiger partial charge in [0.2, 0.25) is 0 Å². The van der Waals surface area contributed by atoms with Crippen molar-refractivity contribution in [3.05, 3.63) is 70.8 Å². The Bertz CT molecular complexity index is 606. The molecule has 0 aromatic heterocycles. The Balaban J connectivity index is 0. The van der Waals surface area contributed by atoms with Crippen LogP contribution in [-0.4, -0.2) is 12.6 Å². The lowest BCUT2D eigenvalue weighted by Gasteiger charge is -2.00. The maximum absolute atomic E-state index is 10.1. The highest BCUT2D eigenvalue weighted by Crippen LogP contribution is 2.07. The third kappa shape index (κ3) is 24.1. The number of hydrogen-bond acceptors (Lipinski definition) is 2. The summed E-state index contributed by atoms with van der Waals surface area (Å²) in [5, 5.41) is 0. The maximum Gasteiger partial charge on any atom is 0.302 e. The fourth-order valence-electron chi connectivity index (χ4n) is 2.33. The van der Waals surface area contributed by atoms with E-state index in [1.807, 2.05) is 0 Å². The molecule has 2 aromatic rings. The van der Waals surface area contributed by atoms with Gasteiger partial charge in [-0.25, -0.2) is 0 Å². The molecule has 0 fully saturated rings. The molecular weight excluding hydrogens is 380 g/mol. The summed E-state index contributed by atoms with van der Waals surface area (Å²) in [4.78, 5) is 10.1. The van der Waals surface area contributed by atoms with Gasteiger partial charge < -0.3 is 4.74 Å². The number of rotatable bonds is 7. The van der Waals surface area contributed by atoms with E-state index in [4.69, 9.17) is 0 Å². The molecule has 0 amide bonds. The largest absolute Gasteiger partial charge is 0.466 e. The highest BCUT2D eigenvalue weighted by molar-refractivity contribution is 5.65. The summed E-state index contributed by atoms with van der Waals surface area (Å²) in [6.07, 6.45) is 8.54. The first-order chi connectivity index (χ1) is 14.8. The summed E-state index contributed by atoms with van der Waals surface area (Å²) in [6, 6.07) is 17.4. The van der Waals surface area contributed by atoms with Gasteiger partial charge in [-0.2, -0.15) is 0 Å². The quantitative estimate of drug-likeness (QED) is 0.325. The lowest BCUT2D eigenvalue weighted by Crippen LogP contribution is -1.99. The minimum atomic E-state index is -0.182. The Kier molecular flexibility index (Phi) is 22.7. The van der Waals surface area contributed by atoms with E-state index >= 15 is 0 Å². The molecule has 0 saturated carbocycles. The van der Waals surface area contributed by atoms with Crippen LogP contribution >= 0.6 is 0 Å². The molecule has 0 heterocycles. The standard InChI is InChI=1S/C12H18.C8H10.C6H12O2.C3H8/c1-3-4-5-6-12-9-7-11(2)8-10-12;1-7-3-5-8(2)6-4-7;1-3-4-5-8-6(2)7;1-3-2/h7-10H,3-6H2,1-2H3;3-6H,1-2H3;3-5H2,1-2H3;3H2,1-2H3. The molecule has 0 atom stereocenters. The molecule has 0 aliphatic rings. The van der Waals surface area contributed by atoms with Crippen LogP contribution < -0.4 is 0 Å². The maximum atomic E-state index is 10.1. The van der Waals surface area contributed by atoms with E-state index in [1.165, 1.54) is 61.3 Å². The molecule has 31 heavy (non-hydrogen) atoms. The van der Waals surface area contributed by atoms with Crippen molar-refractivity contribution in [1.29, 1.82) is 0 Å². The molecule has 0 aliphatic heterocycles. The van der Waals surface area contributed by atoms with Crippen molar-refractivity contribution >= 4 is 5.97 Å². The van der Waals surface area contributed by atoms with Crippen LogP contribution in [0.25, 0.3) is 0 Å². The number of carbonyl (C=O) groups is 1. The molecule has 2 heteroatoms. The highest BCUT2D eigenvalue weighted by atomic mass is 16.5. The molecule has 0 N–H and O–H groups in total. The van der Waals surface area contributed by atoms with Gasteiger partial charge in [0.15, 0.2) is 0 Å². The fourth-order valence-corrected chi connectivity index (χ4v) is 2.33. The van der Waals surface area contributed by atoms with Crippen LogP contribution in [0.2, 0.25) is 0 Å². The topological polar surface area (TPSA) is 26.3 Å². The first-order valence-electron chi connectivity index (χ1n) is 12.0. The minimum absolute atomic E-state index is 0.182. The number of benzene rings is 2. The lowest BCUT2D eigenvalue weighted by atomic mass is 10.1. The minimum Gasteiger partial charge on any atom is -0.466 e. The van der Waals surface area contributed by atoms with Crippen LogP contribution in [0, 0.1) is 20.8 Å². The summed E-state index contributed by atoms with van der Waals surface area (Å²) in [5.74, 6) is -0.182. The van der Waals surface area contributed by atoms with Crippen LogP contribution in [0.4, 0.5) is 0 Å². The van der Waals surface area contributed by atoms with Crippen molar-refractivity contribution < 1.29 is 9.53 Å². The molecule has 0 unspecified atom stereocenters. The van der Waals surface area contributed by atoms with Gasteiger partial charge >= 0.3 is 5.97 Å². The average Bonchev–Trinajstić information content (AvgIpc) is 2.73. The Morgan fingerprint density at radius 2 is 1.06 bits per heavy atom. The van der Waals surface area contributed by atoms with E-state index in [0.29, 0.717) is 6.61 Å². The molecular formula is C29H48O2. The predicted molar refractivity (Wildman–Crippen MR) is 138 cm³/mol. The van der Waals surface area contributed by atoms with E-state index in [1.54, 1.807) is 0 Å². The van der Waals surface area contributed by atoms with Gasteiger partial charge in [-0.3, -0.25) is 4.79 Å². The van der Waals surface area contributed by atoms with Crippen molar-refractivity contribution in [2.75, 3.05) is 6.61 Å². The molecule has 176 valence electrons. The third-order valence-corrected chi connectivity index (χ3v) is 4.21. The first kappa shape index (κ1) is 31.1. The van der Waals surface area contributed by atoms with E-state index in [9.17, 15) is 4.79 Å². The van der Waals surface area contributed by atoms with E-state index in [-0.39, 0.29) is 5.97 Å². The van der Waals surface area contributed by atoms with Crippen LogP contribution in [-0.2, 0) is 16.0 Å².